The van der Waals surface area contributed by atoms with Crippen LogP contribution in [-0.4, -0.2) is 9.55 Å². The van der Waals surface area contributed by atoms with Gasteiger partial charge in [-0.05, 0) is 170 Å². The van der Waals surface area contributed by atoms with Gasteiger partial charge >= 0.3 is 0 Å². The highest BCUT2D eigenvalue weighted by molar-refractivity contribution is 6.27. The Labute approximate surface area is 373 Å². The first-order valence-electron chi connectivity index (χ1n) is 22.5. The van der Waals surface area contributed by atoms with Crippen LogP contribution in [0.4, 0.5) is 0 Å². The molecular weight excluding hydrogens is 785 g/mol. The number of rotatable bonds is 5. The van der Waals surface area contributed by atoms with E-state index in [0.29, 0.717) is 0 Å². The van der Waals surface area contributed by atoms with Gasteiger partial charge < -0.3 is 4.57 Å². The van der Waals surface area contributed by atoms with Crippen LogP contribution in [0.25, 0.3) is 148 Å². The molecule has 0 atom stereocenters. The lowest BCUT2D eigenvalue weighted by atomic mass is 9.91. The Morgan fingerprint density at radius 1 is 0.246 bits per heavy atom. The summed E-state index contributed by atoms with van der Waals surface area (Å²) in [4.78, 5) is 5.14. The second-order valence-electron chi connectivity index (χ2n) is 17.9. The zero-order chi connectivity index (χ0) is 42.3. The SMILES string of the molecule is c1ccc(-n2c3cc(-c4ccc(-c5cc6ccc7cccc8ccc(c5)c6c78)cc4)cc4ccc5cc(-c6ccc(-c7cc8ccc9cccc%10ccc(c7)c8c9%10)cn6)cc2c5c43)cc1. The Morgan fingerprint density at radius 2 is 0.615 bits per heavy atom. The molecular formula is C63H36N2. The van der Waals surface area contributed by atoms with E-state index in [0.717, 1.165) is 22.5 Å². The van der Waals surface area contributed by atoms with Gasteiger partial charge in [-0.1, -0.05) is 146 Å². The summed E-state index contributed by atoms with van der Waals surface area (Å²) < 4.78 is 2.45. The molecule has 0 aliphatic carbocycles. The van der Waals surface area contributed by atoms with Crippen molar-refractivity contribution < 1.29 is 0 Å². The maximum absolute atomic E-state index is 5.14. The lowest BCUT2D eigenvalue weighted by Gasteiger charge is -2.13. The molecule has 15 rings (SSSR count). The van der Waals surface area contributed by atoms with Crippen LogP contribution in [0.3, 0.4) is 0 Å². The molecule has 0 N–H and O–H groups in total. The lowest BCUT2D eigenvalue weighted by Crippen LogP contribution is -1.94. The van der Waals surface area contributed by atoms with Crippen LogP contribution < -0.4 is 0 Å². The number of nitrogens with zero attached hydrogens (tertiary/aromatic N) is 2. The molecule has 0 radical (unpaired) electrons. The zero-order valence-corrected chi connectivity index (χ0v) is 35.2. The van der Waals surface area contributed by atoms with Crippen molar-refractivity contribution in [3.8, 4) is 50.3 Å². The van der Waals surface area contributed by atoms with Gasteiger partial charge in [0.05, 0.1) is 16.7 Å². The van der Waals surface area contributed by atoms with E-state index in [1.165, 1.54) is 125 Å². The maximum Gasteiger partial charge on any atom is 0.0703 e. The van der Waals surface area contributed by atoms with Crippen molar-refractivity contribution in [1.82, 2.24) is 9.55 Å². The van der Waals surface area contributed by atoms with Crippen LogP contribution >= 0.6 is 0 Å². The molecule has 2 heterocycles. The van der Waals surface area contributed by atoms with Gasteiger partial charge in [0, 0.05) is 33.8 Å². The Kier molecular flexibility index (Phi) is 6.98. The summed E-state index contributed by atoms with van der Waals surface area (Å²) in [5, 5.41) is 20.7. The largest absolute Gasteiger partial charge is 0.309 e. The molecule has 0 unspecified atom stereocenters. The molecule has 0 aliphatic rings. The zero-order valence-electron chi connectivity index (χ0n) is 35.2. The van der Waals surface area contributed by atoms with E-state index in [9.17, 15) is 0 Å². The normalized spacial score (nSPS) is 12.3. The fourth-order valence-corrected chi connectivity index (χ4v) is 11.4. The second kappa shape index (κ2) is 13.0. The fraction of sp³-hybridized carbons (Fsp3) is 0. The van der Waals surface area contributed by atoms with E-state index >= 15 is 0 Å². The van der Waals surface area contributed by atoms with E-state index in [-0.39, 0.29) is 0 Å². The third-order valence-corrected chi connectivity index (χ3v) is 14.4. The number of pyridine rings is 1. The molecule has 0 amide bonds. The summed E-state index contributed by atoms with van der Waals surface area (Å²) >= 11 is 0. The Bertz CT molecular complexity index is 3980. The maximum atomic E-state index is 5.14. The molecule has 0 saturated heterocycles. The molecule has 0 bridgehead atoms. The van der Waals surface area contributed by atoms with Crippen LogP contribution in [0.2, 0.25) is 0 Å². The summed E-state index contributed by atoms with van der Waals surface area (Å²) in [6.45, 7) is 0. The van der Waals surface area contributed by atoms with Gasteiger partial charge in [-0.2, -0.15) is 0 Å². The van der Waals surface area contributed by atoms with Crippen molar-refractivity contribution in [1.29, 1.82) is 0 Å². The predicted octanol–water partition coefficient (Wildman–Crippen LogP) is 17.2. The molecule has 0 spiro atoms. The number of benzene rings is 13. The number of aromatic nitrogens is 2. The highest BCUT2D eigenvalue weighted by Crippen LogP contribution is 2.44. The van der Waals surface area contributed by atoms with E-state index in [2.05, 4.69) is 217 Å². The minimum Gasteiger partial charge on any atom is -0.309 e. The van der Waals surface area contributed by atoms with E-state index < -0.39 is 0 Å². The first kappa shape index (κ1) is 34.9. The van der Waals surface area contributed by atoms with Crippen LogP contribution in [0.15, 0.2) is 219 Å². The van der Waals surface area contributed by atoms with Gasteiger partial charge in [0.1, 0.15) is 0 Å². The molecule has 65 heavy (non-hydrogen) atoms. The Hall–Kier alpha value is -8.59. The first-order valence-corrected chi connectivity index (χ1v) is 22.5. The molecule has 298 valence electrons. The topological polar surface area (TPSA) is 17.8 Å². The Morgan fingerprint density at radius 3 is 1.08 bits per heavy atom. The first-order chi connectivity index (χ1) is 32.2. The highest BCUT2D eigenvalue weighted by atomic mass is 15.0. The number of para-hydroxylation sites is 1. The van der Waals surface area contributed by atoms with Crippen molar-refractivity contribution in [2.24, 2.45) is 0 Å². The third-order valence-electron chi connectivity index (χ3n) is 14.4. The molecule has 2 nitrogen and oxygen atoms in total. The minimum absolute atomic E-state index is 0.958. The van der Waals surface area contributed by atoms with Crippen molar-refractivity contribution in [3.63, 3.8) is 0 Å². The van der Waals surface area contributed by atoms with Gasteiger partial charge in [0.2, 0.25) is 0 Å². The molecule has 15 aromatic rings. The molecule has 13 aromatic carbocycles. The third kappa shape index (κ3) is 5.08. The average molecular weight is 821 g/mol. The predicted molar refractivity (Wildman–Crippen MR) is 276 cm³/mol. The number of hydrogen-bond acceptors (Lipinski definition) is 1. The second-order valence-corrected chi connectivity index (χ2v) is 17.9. The minimum atomic E-state index is 0.958. The monoisotopic (exact) mass is 820 g/mol. The summed E-state index contributed by atoms with van der Waals surface area (Å²) in [5.74, 6) is 0. The Balaban J connectivity index is 0.830. The van der Waals surface area contributed by atoms with Crippen LogP contribution in [-0.2, 0) is 0 Å². The molecule has 0 aliphatic heterocycles. The summed E-state index contributed by atoms with van der Waals surface area (Å²) in [7, 11) is 0. The highest BCUT2D eigenvalue weighted by Gasteiger charge is 2.20. The van der Waals surface area contributed by atoms with E-state index in [1.54, 1.807) is 0 Å². The van der Waals surface area contributed by atoms with Crippen LogP contribution in [0.1, 0.15) is 0 Å². The van der Waals surface area contributed by atoms with E-state index in [1.807, 2.05) is 6.20 Å². The van der Waals surface area contributed by atoms with Crippen LogP contribution in [0, 0.1) is 0 Å². The van der Waals surface area contributed by atoms with Crippen molar-refractivity contribution >= 4 is 97.2 Å². The molecule has 2 aromatic heterocycles. The van der Waals surface area contributed by atoms with Gasteiger partial charge in [0.25, 0.3) is 0 Å². The smallest absolute Gasteiger partial charge is 0.0703 e. The summed E-state index contributed by atoms with van der Waals surface area (Å²) in [6.07, 6.45) is 2.04. The number of hydrogen-bond donors (Lipinski definition) is 0. The van der Waals surface area contributed by atoms with E-state index in [4.69, 9.17) is 4.98 Å². The molecule has 2 heteroatoms. The fourth-order valence-electron chi connectivity index (χ4n) is 11.4. The summed E-state index contributed by atoms with van der Waals surface area (Å²) in [5.41, 5.74) is 12.7. The van der Waals surface area contributed by atoms with Gasteiger partial charge in [-0.25, -0.2) is 0 Å². The average Bonchev–Trinajstić information content (AvgIpc) is 3.71. The quantitative estimate of drug-likeness (QED) is 0.158. The van der Waals surface area contributed by atoms with Crippen LogP contribution in [0.5, 0.6) is 0 Å². The van der Waals surface area contributed by atoms with Gasteiger partial charge in [0.15, 0.2) is 0 Å². The van der Waals surface area contributed by atoms with Crippen molar-refractivity contribution in [2.75, 3.05) is 0 Å². The van der Waals surface area contributed by atoms with Crippen molar-refractivity contribution in [2.45, 2.75) is 0 Å². The molecule has 0 fully saturated rings. The van der Waals surface area contributed by atoms with Gasteiger partial charge in [-0.15, -0.1) is 0 Å². The summed E-state index contributed by atoms with van der Waals surface area (Å²) in [6, 6.07) is 79.0. The van der Waals surface area contributed by atoms with Gasteiger partial charge in [-0.3, -0.25) is 4.98 Å². The molecule has 0 saturated carbocycles. The lowest BCUT2D eigenvalue weighted by molar-refractivity contribution is 1.18. The standard InChI is InChI=1S/C63H36N2/c1-2-10-54(11-3-1)65-56-34-52(38-14-12-37(13-15-38)50-28-43-20-16-39-6-4-7-40-17-21-44(29-50)60(43)58(39)40)32-47-24-25-48-33-53(35-57(65)63(48)62(47)56)55-27-26-49(36-64-55)51-30-45-22-18-41-8-5-9-42-19-23-46(31-51)61(45)59(41)42/h1-36H. The van der Waals surface area contributed by atoms with Crippen molar-refractivity contribution in [3.05, 3.63) is 219 Å².